The van der Waals surface area contributed by atoms with E-state index in [1.165, 1.54) is 116 Å². The lowest BCUT2D eigenvalue weighted by Crippen LogP contribution is -2.60. The molecule has 0 aromatic heterocycles. The molecule has 0 radical (unpaired) electrons. The van der Waals surface area contributed by atoms with E-state index in [4.69, 9.17) is 9.47 Å². The summed E-state index contributed by atoms with van der Waals surface area (Å²) in [6.07, 6.45) is 22.5. The topological polar surface area (TPSA) is 149 Å². The van der Waals surface area contributed by atoms with Gasteiger partial charge in [-0.1, -0.05) is 162 Å². The second-order valence-electron chi connectivity index (χ2n) is 14.1. The first-order valence-corrected chi connectivity index (χ1v) is 19.7. The number of carbonyl (C=O) groups excluding carboxylic acids is 1. The van der Waals surface area contributed by atoms with Crippen molar-refractivity contribution in [3.63, 3.8) is 0 Å². The molecule has 0 aromatic rings. The van der Waals surface area contributed by atoms with E-state index in [0.717, 1.165) is 38.5 Å². The number of carbonyl (C=O) groups is 1. The van der Waals surface area contributed by atoms with Crippen LogP contribution in [0.15, 0.2) is 0 Å². The number of amides is 1. The van der Waals surface area contributed by atoms with Crippen molar-refractivity contribution in [1.29, 1.82) is 0 Å². The molecule has 280 valence electrons. The van der Waals surface area contributed by atoms with Crippen molar-refractivity contribution >= 4 is 5.91 Å². The van der Waals surface area contributed by atoms with Gasteiger partial charge in [-0.2, -0.15) is 0 Å². The summed E-state index contributed by atoms with van der Waals surface area (Å²) in [5.74, 6) is -0.146. The van der Waals surface area contributed by atoms with Gasteiger partial charge in [-0.05, 0) is 12.8 Å². The van der Waals surface area contributed by atoms with Crippen molar-refractivity contribution in [2.75, 3.05) is 13.2 Å². The number of aliphatic hydroxyl groups is 5. The second kappa shape index (κ2) is 30.1. The summed E-state index contributed by atoms with van der Waals surface area (Å²) in [6, 6.07) is -0.708. The van der Waals surface area contributed by atoms with E-state index < -0.39 is 49.5 Å². The van der Waals surface area contributed by atoms with Gasteiger partial charge < -0.3 is 40.3 Å². The number of nitrogens with one attached hydrogen (secondary N) is 1. The number of hydrogen-bond acceptors (Lipinski definition) is 8. The number of unbranched alkanes of at least 4 members (excludes halogenated alkanes) is 22. The Morgan fingerprint density at radius 2 is 1.06 bits per heavy atom. The summed E-state index contributed by atoms with van der Waals surface area (Å²) >= 11 is 0. The lowest BCUT2D eigenvalue weighted by molar-refractivity contribution is -0.302. The predicted octanol–water partition coefficient (Wildman–Crippen LogP) is 6.83. The highest BCUT2D eigenvalue weighted by atomic mass is 16.7. The molecule has 9 nitrogen and oxygen atoms in total. The van der Waals surface area contributed by atoms with Gasteiger partial charge in [-0.3, -0.25) is 4.79 Å². The molecule has 9 heteroatoms. The van der Waals surface area contributed by atoms with Gasteiger partial charge >= 0.3 is 0 Å². The molecule has 0 aromatic carbocycles. The SMILES string of the molecule is CCCCCCCCCCCCCCC[C@@H](O)[C@H](CO[C@@H]1O[C@H](CO)[C@H](O)[C@H](O)[C@H]1O)NC(=O)CCCCCCCCCCCCC. The van der Waals surface area contributed by atoms with Crippen LogP contribution >= 0.6 is 0 Å². The van der Waals surface area contributed by atoms with Gasteiger partial charge in [-0.15, -0.1) is 0 Å². The zero-order valence-corrected chi connectivity index (χ0v) is 30.3. The molecule has 47 heavy (non-hydrogen) atoms. The Labute approximate surface area is 287 Å². The van der Waals surface area contributed by atoms with Crippen LogP contribution in [-0.2, 0) is 14.3 Å². The van der Waals surface area contributed by atoms with Crippen LogP contribution in [-0.4, -0.2) is 87.5 Å². The first-order valence-electron chi connectivity index (χ1n) is 19.7. The van der Waals surface area contributed by atoms with Crippen LogP contribution in [0.4, 0.5) is 0 Å². The molecular formula is C38H75NO8. The van der Waals surface area contributed by atoms with Gasteiger partial charge in [-0.25, -0.2) is 0 Å². The largest absolute Gasteiger partial charge is 0.394 e. The highest BCUT2D eigenvalue weighted by molar-refractivity contribution is 5.76. The molecular weight excluding hydrogens is 598 g/mol. The molecule has 1 aliphatic rings. The maximum atomic E-state index is 12.9. The summed E-state index contributed by atoms with van der Waals surface area (Å²) in [5, 5.41) is 54.0. The summed E-state index contributed by atoms with van der Waals surface area (Å²) in [6.45, 7) is 3.81. The lowest BCUT2D eigenvalue weighted by Gasteiger charge is -2.40. The van der Waals surface area contributed by atoms with Gasteiger partial charge in [0.15, 0.2) is 6.29 Å². The van der Waals surface area contributed by atoms with Crippen molar-refractivity contribution in [3.8, 4) is 0 Å². The molecule has 1 saturated heterocycles. The lowest BCUT2D eigenvalue weighted by atomic mass is 9.99. The van der Waals surface area contributed by atoms with Crippen LogP contribution in [0.25, 0.3) is 0 Å². The first kappa shape index (κ1) is 44.2. The smallest absolute Gasteiger partial charge is 0.220 e. The van der Waals surface area contributed by atoms with Crippen LogP contribution in [0.2, 0.25) is 0 Å². The normalized spacial score (nSPS) is 22.7. The molecule has 7 atom stereocenters. The minimum absolute atomic E-state index is 0.133. The van der Waals surface area contributed by atoms with E-state index in [1.54, 1.807) is 0 Å². The molecule has 0 aliphatic carbocycles. The highest BCUT2D eigenvalue weighted by Gasteiger charge is 2.44. The minimum Gasteiger partial charge on any atom is -0.394 e. The Kier molecular flexibility index (Phi) is 28.3. The molecule has 1 rings (SSSR count). The third kappa shape index (κ3) is 21.8. The number of ether oxygens (including phenoxy) is 2. The molecule has 0 saturated carbocycles. The Morgan fingerprint density at radius 3 is 1.51 bits per heavy atom. The average molecular weight is 674 g/mol. The maximum absolute atomic E-state index is 12.9. The number of rotatable bonds is 32. The second-order valence-corrected chi connectivity index (χ2v) is 14.1. The van der Waals surface area contributed by atoms with E-state index in [0.29, 0.717) is 12.8 Å². The molecule has 1 fully saturated rings. The molecule has 0 spiro atoms. The average Bonchev–Trinajstić information content (AvgIpc) is 3.07. The van der Waals surface area contributed by atoms with Crippen LogP contribution in [0.1, 0.15) is 181 Å². The summed E-state index contributed by atoms with van der Waals surface area (Å²) < 4.78 is 11.2. The van der Waals surface area contributed by atoms with Crippen LogP contribution in [0.3, 0.4) is 0 Å². The Balaban J connectivity index is 2.41. The molecule has 0 bridgehead atoms. The summed E-state index contributed by atoms with van der Waals surface area (Å²) in [5.41, 5.74) is 0. The molecule has 0 unspecified atom stereocenters. The van der Waals surface area contributed by atoms with Crippen molar-refractivity contribution in [1.82, 2.24) is 5.32 Å². The highest BCUT2D eigenvalue weighted by Crippen LogP contribution is 2.23. The fourth-order valence-electron chi connectivity index (χ4n) is 6.45. The molecule has 1 amide bonds. The van der Waals surface area contributed by atoms with Gasteiger partial charge in [0.2, 0.25) is 5.91 Å². The van der Waals surface area contributed by atoms with E-state index in [2.05, 4.69) is 19.2 Å². The fourth-order valence-corrected chi connectivity index (χ4v) is 6.45. The number of aliphatic hydroxyl groups excluding tert-OH is 5. The van der Waals surface area contributed by atoms with Gasteiger partial charge in [0.05, 0.1) is 25.4 Å². The van der Waals surface area contributed by atoms with Crippen molar-refractivity contribution in [2.45, 2.75) is 224 Å². The van der Waals surface area contributed by atoms with Gasteiger partial charge in [0.1, 0.15) is 24.4 Å². The molecule has 1 aliphatic heterocycles. The van der Waals surface area contributed by atoms with E-state index in [1.807, 2.05) is 0 Å². The molecule has 6 N–H and O–H groups in total. The Morgan fingerprint density at radius 1 is 0.638 bits per heavy atom. The third-order valence-corrected chi connectivity index (χ3v) is 9.71. The Hall–Kier alpha value is -0.810. The number of hydrogen-bond donors (Lipinski definition) is 6. The Bertz CT molecular complexity index is 711. The van der Waals surface area contributed by atoms with Gasteiger partial charge in [0.25, 0.3) is 0 Å². The summed E-state index contributed by atoms with van der Waals surface area (Å²) in [4.78, 5) is 12.9. The zero-order valence-electron chi connectivity index (χ0n) is 30.3. The zero-order chi connectivity index (χ0) is 34.5. The maximum Gasteiger partial charge on any atom is 0.220 e. The van der Waals surface area contributed by atoms with Crippen LogP contribution < -0.4 is 5.32 Å². The standard InChI is InChI=1S/C38H75NO8/c1-3-5-7-9-11-13-15-16-18-19-21-23-25-27-32(41)31(30-46-38-37(45)36(44)35(43)33(29-40)47-38)39-34(42)28-26-24-22-20-17-14-12-10-8-6-4-2/h31-33,35-38,40-41,43-45H,3-30H2,1-2H3,(H,39,42)/t31-,32+,33+,35-,36-,37+,38+/m0/s1. The van der Waals surface area contributed by atoms with Crippen molar-refractivity contribution < 1.29 is 39.8 Å². The fraction of sp³-hybridized carbons (Fsp3) is 0.974. The first-order chi connectivity index (χ1) is 22.8. The van der Waals surface area contributed by atoms with E-state index in [9.17, 15) is 30.3 Å². The van der Waals surface area contributed by atoms with Crippen LogP contribution in [0, 0.1) is 0 Å². The van der Waals surface area contributed by atoms with Crippen molar-refractivity contribution in [2.24, 2.45) is 0 Å². The monoisotopic (exact) mass is 674 g/mol. The summed E-state index contributed by atoms with van der Waals surface area (Å²) in [7, 11) is 0. The van der Waals surface area contributed by atoms with Crippen LogP contribution in [0.5, 0.6) is 0 Å². The van der Waals surface area contributed by atoms with Crippen molar-refractivity contribution in [3.05, 3.63) is 0 Å². The van der Waals surface area contributed by atoms with E-state index >= 15 is 0 Å². The third-order valence-electron chi connectivity index (χ3n) is 9.71. The minimum atomic E-state index is -1.55. The predicted molar refractivity (Wildman–Crippen MR) is 189 cm³/mol. The quantitative estimate of drug-likeness (QED) is 0.0426. The van der Waals surface area contributed by atoms with Gasteiger partial charge in [0, 0.05) is 6.42 Å². The van der Waals surface area contributed by atoms with E-state index in [-0.39, 0.29) is 12.5 Å². The molecule has 1 heterocycles.